The van der Waals surface area contributed by atoms with Gasteiger partial charge in [-0.2, -0.15) is 0 Å². The van der Waals surface area contributed by atoms with Crippen LogP contribution in [0.3, 0.4) is 0 Å². The number of nitrogens with zero attached hydrogens (tertiary/aromatic N) is 1. The monoisotopic (exact) mass is 435 g/mol. The molecule has 30 heavy (non-hydrogen) atoms. The molecule has 11 nitrogen and oxygen atoms in total. The molecule has 0 unspecified atom stereocenters. The summed E-state index contributed by atoms with van der Waals surface area (Å²) in [6.45, 7) is -0.644. The number of carbonyl (C=O) groups is 3. The number of nitro benzene ring substituents is 1. The Morgan fingerprint density at radius 2 is 1.77 bits per heavy atom. The number of nitrogens with one attached hydrogen (secondary N) is 2. The molecule has 2 rings (SSSR count). The largest absolute Gasteiger partial charge is 0.452 e. The highest BCUT2D eigenvalue weighted by Gasteiger charge is 2.24. The number of amides is 3. The lowest BCUT2D eigenvalue weighted by Gasteiger charge is -2.08. The van der Waals surface area contributed by atoms with E-state index < -0.39 is 49.9 Å². The van der Waals surface area contributed by atoms with Crippen molar-refractivity contribution in [2.24, 2.45) is 0 Å². The minimum Gasteiger partial charge on any atom is -0.452 e. The van der Waals surface area contributed by atoms with Gasteiger partial charge in [0.25, 0.3) is 11.6 Å². The van der Waals surface area contributed by atoms with Crippen molar-refractivity contribution in [1.82, 2.24) is 10.6 Å². The second kappa shape index (κ2) is 9.60. The zero-order valence-electron chi connectivity index (χ0n) is 15.7. The van der Waals surface area contributed by atoms with Crippen LogP contribution in [0.2, 0.25) is 0 Å². The Bertz CT molecular complexity index is 1080. The average Bonchev–Trinajstić information content (AvgIpc) is 2.70. The highest BCUT2D eigenvalue weighted by atomic mass is 32.2. The van der Waals surface area contributed by atoms with Crippen molar-refractivity contribution in [2.75, 3.05) is 12.9 Å². The molecule has 158 valence electrons. The number of nitro groups is 1. The summed E-state index contributed by atoms with van der Waals surface area (Å²) in [7, 11) is -3.89. The second-order valence-corrected chi connectivity index (χ2v) is 7.99. The number of imide groups is 1. The maximum Gasteiger partial charge on any atom is 0.338 e. The van der Waals surface area contributed by atoms with Crippen LogP contribution >= 0.6 is 0 Å². The molecule has 2 N–H and O–H groups in total. The summed E-state index contributed by atoms with van der Waals surface area (Å²) in [5, 5.41) is 15.5. The van der Waals surface area contributed by atoms with Crippen LogP contribution in [0.5, 0.6) is 0 Å². The SMILES string of the molecule is CS(=O)(=O)c1ccc(C(=O)OCC(=O)NC(=O)NCc2ccccc2)cc1[N+](=O)[O-]. The van der Waals surface area contributed by atoms with E-state index in [2.05, 4.69) is 5.32 Å². The minimum absolute atomic E-state index is 0.177. The normalized spacial score (nSPS) is 10.7. The van der Waals surface area contributed by atoms with Gasteiger partial charge in [0.2, 0.25) is 0 Å². The van der Waals surface area contributed by atoms with Crippen LogP contribution in [-0.4, -0.2) is 44.1 Å². The number of ether oxygens (including phenoxy) is 1. The molecule has 0 bridgehead atoms. The van der Waals surface area contributed by atoms with Crippen molar-refractivity contribution in [3.63, 3.8) is 0 Å². The third-order valence-corrected chi connectivity index (χ3v) is 4.82. The van der Waals surface area contributed by atoms with E-state index in [0.29, 0.717) is 0 Å². The first kappa shape index (κ1) is 22.5. The van der Waals surface area contributed by atoms with Gasteiger partial charge >= 0.3 is 12.0 Å². The Morgan fingerprint density at radius 3 is 2.37 bits per heavy atom. The Kier molecular flexibility index (Phi) is 7.20. The number of hydrogen-bond donors (Lipinski definition) is 2. The van der Waals surface area contributed by atoms with E-state index in [1.807, 2.05) is 11.4 Å². The lowest BCUT2D eigenvalue weighted by molar-refractivity contribution is -0.387. The van der Waals surface area contributed by atoms with Crippen LogP contribution < -0.4 is 10.6 Å². The van der Waals surface area contributed by atoms with Crippen molar-refractivity contribution < 1.29 is 32.5 Å². The Morgan fingerprint density at radius 1 is 1.10 bits per heavy atom. The number of rotatable bonds is 7. The van der Waals surface area contributed by atoms with Gasteiger partial charge in [0.05, 0.1) is 10.5 Å². The van der Waals surface area contributed by atoms with E-state index in [1.54, 1.807) is 24.3 Å². The first-order chi connectivity index (χ1) is 14.1. The van der Waals surface area contributed by atoms with E-state index >= 15 is 0 Å². The number of carbonyl (C=O) groups excluding carboxylic acids is 3. The molecular formula is C18H17N3O8S. The third-order valence-electron chi connectivity index (χ3n) is 3.67. The fraction of sp³-hybridized carbons (Fsp3) is 0.167. The van der Waals surface area contributed by atoms with Gasteiger partial charge in [0.15, 0.2) is 16.4 Å². The topological polar surface area (TPSA) is 162 Å². The summed E-state index contributed by atoms with van der Waals surface area (Å²) in [6.07, 6.45) is 0.792. The lowest BCUT2D eigenvalue weighted by atomic mass is 10.2. The Balaban J connectivity index is 1.91. The average molecular weight is 435 g/mol. The third kappa shape index (κ3) is 6.38. The van der Waals surface area contributed by atoms with Crippen molar-refractivity contribution >= 4 is 33.4 Å². The molecular weight excluding hydrogens is 418 g/mol. The van der Waals surface area contributed by atoms with Crippen LogP contribution in [0.1, 0.15) is 15.9 Å². The summed E-state index contributed by atoms with van der Waals surface area (Å²) in [5.74, 6) is -2.02. The summed E-state index contributed by atoms with van der Waals surface area (Å²) < 4.78 is 27.9. The van der Waals surface area contributed by atoms with Gasteiger partial charge in [-0.1, -0.05) is 30.3 Å². The van der Waals surface area contributed by atoms with Crippen LogP contribution in [0.15, 0.2) is 53.4 Å². The lowest BCUT2D eigenvalue weighted by Crippen LogP contribution is -2.41. The fourth-order valence-electron chi connectivity index (χ4n) is 2.30. The Labute approximate surface area is 171 Å². The molecule has 0 aliphatic heterocycles. The number of urea groups is 1. The van der Waals surface area contributed by atoms with Crippen molar-refractivity contribution in [3.05, 3.63) is 69.8 Å². The van der Waals surface area contributed by atoms with E-state index in [4.69, 9.17) is 4.74 Å². The maximum atomic E-state index is 12.0. The molecule has 0 spiro atoms. The molecule has 0 radical (unpaired) electrons. The predicted molar refractivity (Wildman–Crippen MR) is 103 cm³/mol. The van der Waals surface area contributed by atoms with E-state index in [-0.39, 0.29) is 12.1 Å². The van der Waals surface area contributed by atoms with Gasteiger partial charge < -0.3 is 10.1 Å². The van der Waals surface area contributed by atoms with Crippen LogP contribution in [-0.2, 0) is 25.9 Å². The standard InChI is InChI=1S/C18H17N3O8S/c1-30(27,28)15-8-7-13(9-14(15)21(25)26)17(23)29-11-16(22)20-18(24)19-10-12-5-3-2-4-6-12/h2-9H,10-11H2,1H3,(H2,19,20,22,24). The molecule has 0 aliphatic rings. The molecule has 0 saturated heterocycles. The molecule has 2 aromatic rings. The van der Waals surface area contributed by atoms with E-state index in [9.17, 15) is 32.9 Å². The zero-order chi connectivity index (χ0) is 22.3. The summed E-state index contributed by atoms with van der Waals surface area (Å²) in [6, 6.07) is 10.8. The van der Waals surface area contributed by atoms with Crippen LogP contribution in [0, 0.1) is 10.1 Å². The molecule has 0 aliphatic carbocycles. The van der Waals surface area contributed by atoms with Crippen molar-refractivity contribution in [3.8, 4) is 0 Å². The molecule has 3 amide bonds. The van der Waals surface area contributed by atoms with E-state index in [0.717, 1.165) is 30.0 Å². The molecule has 12 heteroatoms. The van der Waals surface area contributed by atoms with Crippen molar-refractivity contribution in [2.45, 2.75) is 11.4 Å². The number of hydrogen-bond acceptors (Lipinski definition) is 8. The number of esters is 1. The Hall–Kier alpha value is -3.80. The molecule has 0 atom stereocenters. The molecule has 0 aromatic heterocycles. The molecule has 0 fully saturated rings. The first-order valence-corrected chi connectivity index (χ1v) is 10.2. The fourth-order valence-corrected chi connectivity index (χ4v) is 3.13. The van der Waals surface area contributed by atoms with Gasteiger partial charge in [-0.25, -0.2) is 18.0 Å². The smallest absolute Gasteiger partial charge is 0.338 e. The van der Waals surface area contributed by atoms with Gasteiger partial charge in [0.1, 0.15) is 4.90 Å². The predicted octanol–water partition coefficient (Wildman–Crippen LogP) is 1.18. The van der Waals surface area contributed by atoms with Gasteiger partial charge in [-0.3, -0.25) is 20.2 Å². The number of benzene rings is 2. The number of sulfone groups is 1. The molecule has 2 aromatic carbocycles. The highest BCUT2D eigenvalue weighted by Crippen LogP contribution is 2.25. The van der Waals surface area contributed by atoms with Gasteiger partial charge in [0, 0.05) is 18.9 Å². The summed E-state index contributed by atoms with van der Waals surface area (Å²) in [4.78, 5) is 45.0. The quantitative estimate of drug-likeness (QED) is 0.372. The van der Waals surface area contributed by atoms with Gasteiger partial charge in [-0.15, -0.1) is 0 Å². The second-order valence-electron chi connectivity index (χ2n) is 6.00. The van der Waals surface area contributed by atoms with Crippen LogP contribution in [0.25, 0.3) is 0 Å². The summed E-state index contributed by atoms with van der Waals surface area (Å²) >= 11 is 0. The van der Waals surface area contributed by atoms with Crippen molar-refractivity contribution in [1.29, 1.82) is 0 Å². The minimum atomic E-state index is -3.89. The van der Waals surface area contributed by atoms with Gasteiger partial charge in [-0.05, 0) is 17.7 Å². The summed E-state index contributed by atoms with van der Waals surface area (Å²) in [5.41, 5.74) is -0.308. The maximum absolute atomic E-state index is 12.0. The van der Waals surface area contributed by atoms with Crippen LogP contribution in [0.4, 0.5) is 10.5 Å². The zero-order valence-corrected chi connectivity index (χ0v) is 16.5. The highest BCUT2D eigenvalue weighted by molar-refractivity contribution is 7.90. The van der Waals surface area contributed by atoms with E-state index in [1.165, 1.54) is 0 Å². The molecule has 0 saturated carbocycles. The first-order valence-electron chi connectivity index (χ1n) is 8.35. The molecule has 0 heterocycles.